The highest BCUT2D eigenvalue weighted by Gasteiger charge is 2.25. The molecule has 0 aliphatic carbocycles. The van der Waals surface area contributed by atoms with Crippen molar-refractivity contribution in [3.05, 3.63) is 53.8 Å². The van der Waals surface area contributed by atoms with Crippen LogP contribution in [0, 0.1) is 5.82 Å². The largest absolute Gasteiger partial charge is 0.385 e. The van der Waals surface area contributed by atoms with Crippen LogP contribution in [0.1, 0.15) is 11.7 Å². The molecule has 0 aliphatic heterocycles. The van der Waals surface area contributed by atoms with E-state index >= 15 is 0 Å². The minimum atomic E-state index is -1.60. The monoisotopic (exact) mass is 404 g/mol. The molecule has 2 atom stereocenters. The van der Waals surface area contributed by atoms with Crippen LogP contribution in [0.4, 0.5) is 20.0 Å². The average molecular weight is 404 g/mol. The van der Waals surface area contributed by atoms with E-state index in [4.69, 9.17) is 0 Å². The van der Waals surface area contributed by atoms with Crippen LogP contribution in [0.3, 0.4) is 0 Å². The zero-order valence-electron chi connectivity index (χ0n) is 14.6. The van der Waals surface area contributed by atoms with Gasteiger partial charge in [0.25, 0.3) is 5.91 Å². The molecular formula is C18H17FN4O4S. The number of aromatic nitrogens is 1. The number of nitrogens with zero attached hydrogens (tertiary/aromatic N) is 1. The van der Waals surface area contributed by atoms with Crippen molar-refractivity contribution in [2.24, 2.45) is 0 Å². The van der Waals surface area contributed by atoms with E-state index in [-0.39, 0.29) is 0 Å². The lowest BCUT2D eigenvalue weighted by Crippen LogP contribution is -2.36. The maximum Gasteiger partial charge on any atom is 0.325 e. The fraction of sp³-hybridized carbons (Fsp3) is 0.167. The molecular weight excluding hydrogens is 387 g/mol. The molecule has 2 unspecified atom stereocenters. The minimum Gasteiger partial charge on any atom is -0.385 e. The first-order valence-corrected chi connectivity index (χ1v) is 9.01. The van der Waals surface area contributed by atoms with Crippen LogP contribution in [0.2, 0.25) is 0 Å². The van der Waals surface area contributed by atoms with Crippen LogP contribution in [0.25, 0.3) is 10.2 Å². The zero-order chi connectivity index (χ0) is 20.3. The van der Waals surface area contributed by atoms with Gasteiger partial charge in [0.2, 0.25) is 0 Å². The fourth-order valence-electron chi connectivity index (χ4n) is 2.44. The van der Waals surface area contributed by atoms with Crippen LogP contribution in [0.15, 0.2) is 42.5 Å². The third kappa shape index (κ3) is 4.42. The third-order valence-electron chi connectivity index (χ3n) is 3.89. The Morgan fingerprint density at radius 1 is 1.11 bits per heavy atom. The summed E-state index contributed by atoms with van der Waals surface area (Å²) in [6.07, 6.45) is -3.00. The van der Waals surface area contributed by atoms with E-state index in [9.17, 15) is 24.2 Å². The van der Waals surface area contributed by atoms with Gasteiger partial charge in [0.1, 0.15) is 11.9 Å². The van der Waals surface area contributed by atoms with Crippen molar-refractivity contribution in [1.29, 1.82) is 0 Å². The Bertz CT molecular complexity index is 1010. The van der Waals surface area contributed by atoms with Gasteiger partial charge in [-0.25, -0.2) is 14.2 Å². The average Bonchev–Trinajstić information content (AvgIpc) is 3.09. The van der Waals surface area contributed by atoms with E-state index in [1.807, 2.05) is 0 Å². The van der Waals surface area contributed by atoms with Crippen molar-refractivity contribution < 1.29 is 24.2 Å². The second-order valence-electron chi connectivity index (χ2n) is 5.84. The summed E-state index contributed by atoms with van der Waals surface area (Å²) in [6, 6.07) is 9.52. The molecule has 10 heteroatoms. The number of aliphatic hydroxyl groups excluding tert-OH is 2. The van der Waals surface area contributed by atoms with Gasteiger partial charge in [-0.1, -0.05) is 17.4 Å². The van der Waals surface area contributed by atoms with Gasteiger partial charge in [0, 0.05) is 12.7 Å². The minimum absolute atomic E-state index is 0.313. The first kappa shape index (κ1) is 19.7. The van der Waals surface area contributed by atoms with Crippen molar-refractivity contribution in [1.82, 2.24) is 10.3 Å². The summed E-state index contributed by atoms with van der Waals surface area (Å²) < 4.78 is 13.6. The summed E-state index contributed by atoms with van der Waals surface area (Å²) >= 11 is 1.16. The van der Waals surface area contributed by atoms with E-state index < -0.39 is 30.0 Å². The molecule has 0 fully saturated rings. The molecule has 2 aromatic carbocycles. The third-order valence-corrected chi connectivity index (χ3v) is 4.82. The number of aliphatic hydroxyl groups is 2. The van der Waals surface area contributed by atoms with Crippen LogP contribution >= 0.6 is 11.3 Å². The number of thiazole rings is 1. The number of fused-ring (bicyclic) bond motifs is 1. The number of carbonyl (C=O) groups excluding carboxylic acids is 2. The lowest BCUT2D eigenvalue weighted by atomic mass is 10.0. The van der Waals surface area contributed by atoms with Crippen LogP contribution < -0.4 is 16.0 Å². The topological polar surface area (TPSA) is 124 Å². The molecule has 1 heterocycles. The van der Waals surface area contributed by atoms with E-state index in [1.54, 1.807) is 18.2 Å². The molecule has 1 aromatic heterocycles. The number of carbonyl (C=O) groups is 2. The summed E-state index contributed by atoms with van der Waals surface area (Å²) in [4.78, 5) is 27.8. The highest BCUT2D eigenvalue weighted by molar-refractivity contribution is 7.22. The Kier molecular flexibility index (Phi) is 5.83. The number of halogens is 1. The fourth-order valence-corrected chi connectivity index (χ4v) is 3.35. The predicted octanol–water partition coefficient (Wildman–Crippen LogP) is 2.22. The predicted molar refractivity (Wildman–Crippen MR) is 104 cm³/mol. The van der Waals surface area contributed by atoms with Crippen molar-refractivity contribution in [3.8, 4) is 0 Å². The number of amides is 3. The first-order chi connectivity index (χ1) is 13.4. The van der Waals surface area contributed by atoms with Gasteiger partial charge in [-0.2, -0.15) is 0 Å². The van der Waals surface area contributed by atoms with Gasteiger partial charge >= 0.3 is 6.03 Å². The maximum absolute atomic E-state index is 12.9. The molecule has 0 radical (unpaired) electrons. The first-order valence-electron chi connectivity index (χ1n) is 8.19. The molecule has 0 saturated heterocycles. The number of urea groups is 1. The standard InChI is InChI=1S/C18H17FN4O4S/c1-20-16(26)15(25)14(24)9-2-7-12-13(8-9)28-18(22-12)23-17(27)21-11-5-3-10(19)4-6-11/h2-8,14-15,24-25H,1H3,(H,20,26)(H2,21,22,23,27). The second kappa shape index (κ2) is 8.30. The normalized spacial score (nSPS) is 13.0. The molecule has 28 heavy (non-hydrogen) atoms. The Balaban J connectivity index is 1.72. The van der Waals surface area contributed by atoms with E-state index in [0.717, 1.165) is 11.3 Å². The number of nitrogens with one attached hydrogen (secondary N) is 3. The van der Waals surface area contributed by atoms with Gasteiger partial charge in [0.05, 0.1) is 10.2 Å². The molecule has 8 nitrogen and oxygen atoms in total. The smallest absolute Gasteiger partial charge is 0.325 e. The highest BCUT2D eigenvalue weighted by Crippen LogP contribution is 2.29. The number of hydrogen-bond donors (Lipinski definition) is 5. The van der Waals surface area contributed by atoms with Crippen molar-refractivity contribution >= 4 is 44.3 Å². The number of anilines is 2. The SMILES string of the molecule is CNC(=O)C(O)C(O)c1ccc2nc(NC(=O)Nc3ccc(F)cc3)sc2c1. The van der Waals surface area contributed by atoms with E-state index in [0.29, 0.717) is 26.6 Å². The van der Waals surface area contributed by atoms with Crippen molar-refractivity contribution in [2.45, 2.75) is 12.2 Å². The summed E-state index contributed by atoms with van der Waals surface area (Å²) in [7, 11) is 1.36. The maximum atomic E-state index is 12.9. The molecule has 3 aromatic rings. The van der Waals surface area contributed by atoms with Gasteiger partial charge in [-0.3, -0.25) is 10.1 Å². The van der Waals surface area contributed by atoms with Crippen LogP contribution in [0.5, 0.6) is 0 Å². The molecule has 146 valence electrons. The molecule has 0 saturated carbocycles. The van der Waals surface area contributed by atoms with E-state index in [1.165, 1.54) is 31.3 Å². The van der Waals surface area contributed by atoms with Gasteiger partial charge in [0.15, 0.2) is 11.2 Å². The summed E-state index contributed by atoms with van der Waals surface area (Å²) in [5, 5.41) is 27.7. The number of rotatable bonds is 5. The summed E-state index contributed by atoms with van der Waals surface area (Å²) in [5.41, 5.74) is 1.34. The van der Waals surface area contributed by atoms with Crippen molar-refractivity contribution in [3.63, 3.8) is 0 Å². The Labute approximate surface area is 163 Å². The summed E-state index contributed by atoms with van der Waals surface area (Å²) in [5.74, 6) is -1.10. The number of likely N-dealkylation sites (N-methyl/N-ethyl adjacent to an activating group) is 1. The molecule has 0 aliphatic rings. The molecule has 3 amide bonds. The van der Waals surface area contributed by atoms with Crippen LogP contribution in [-0.4, -0.2) is 40.3 Å². The van der Waals surface area contributed by atoms with Gasteiger partial charge < -0.3 is 20.8 Å². The van der Waals surface area contributed by atoms with E-state index in [2.05, 4.69) is 20.9 Å². The molecule has 3 rings (SSSR count). The lowest BCUT2D eigenvalue weighted by Gasteiger charge is -2.16. The number of hydrogen-bond acceptors (Lipinski definition) is 6. The van der Waals surface area contributed by atoms with Gasteiger partial charge in [-0.05, 0) is 42.0 Å². The molecule has 0 spiro atoms. The Morgan fingerprint density at radius 2 is 1.82 bits per heavy atom. The van der Waals surface area contributed by atoms with Crippen molar-refractivity contribution in [2.75, 3.05) is 17.7 Å². The Hall–Kier alpha value is -3.08. The summed E-state index contributed by atoms with van der Waals surface area (Å²) in [6.45, 7) is 0. The zero-order valence-corrected chi connectivity index (χ0v) is 15.5. The molecule has 5 N–H and O–H groups in total. The molecule has 0 bridgehead atoms. The van der Waals surface area contributed by atoms with Gasteiger partial charge in [-0.15, -0.1) is 0 Å². The second-order valence-corrected chi connectivity index (χ2v) is 6.87. The lowest BCUT2D eigenvalue weighted by molar-refractivity contribution is -0.134. The Morgan fingerprint density at radius 3 is 2.50 bits per heavy atom. The highest BCUT2D eigenvalue weighted by atomic mass is 32.1. The van der Waals surface area contributed by atoms with Crippen LogP contribution in [-0.2, 0) is 4.79 Å². The quantitative estimate of drug-likeness (QED) is 0.446. The number of benzene rings is 2.